The van der Waals surface area contributed by atoms with E-state index in [0.717, 1.165) is 27.0 Å². The minimum absolute atomic E-state index is 0.152. The maximum absolute atomic E-state index is 13.5. The number of nitrogens with zero attached hydrogens (tertiary/aromatic N) is 2. The van der Waals surface area contributed by atoms with Crippen molar-refractivity contribution in [3.8, 4) is 0 Å². The maximum atomic E-state index is 13.5. The van der Waals surface area contributed by atoms with Crippen LogP contribution in [0, 0.1) is 6.92 Å². The van der Waals surface area contributed by atoms with Gasteiger partial charge in [0.1, 0.15) is 12.6 Å². The predicted molar refractivity (Wildman–Crippen MR) is 136 cm³/mol. The molecule has 0 bridgehead atoms. The first-order valence-corrected chi connectivity index (χ1v) is 13.5. The first kappa shape index (κ1) is 27.1. The summed E-state index contributed by atoms with van der Waals surface area (Å²) in [4.78, 5) is 27.5. The minimum atomic E-state index is -3.80. The Labute approximate surface area is 209 Å². The fraction of sp³-hybridized carbons (Fsp3) is 0.391. The highest BCUT2D eigenvalue weighted by atomic mass is 79.9. The monoisotopic (exact) mass is 557 g/mol. The van der Waals surface area contributed by atoms with Crippen LogP contribution in [0.5, 0.6) is 0 Å². The van der Waals surface area contributed by atoms with Crippen LogP contribution in [-0.2, 0) is 26.2 Å². The van der Waals surface area contributed by atoms with Crippen molar-refractivity contribution in [2.75, 3.05) is 23.7 Å². The molecule has 0 fully saturated rings. The topological polar surface area (TPSA) is 86.8 Å². The van der Waals surface area contributed by atoms with Crippen LogP contribution in [-0.4, -0.2) is 50.5 Å². The van der Waals surface area contributed by atoms with Gasteiger partial charge in [-0.3, -0.25) is 13.9 Å². The minimum Gasteiger partial charge on any atom is -0.354 e. The molecule has 0 heterocycles. The van der Waals surface area contributed by atoms with Gasteiger partial charge in [-0.2, -0.15) is 0 Å². The van der Waals surface area contributed by atoms with Gasteiger partial charge >= 0.3 is 0 Å². The van der Waals surface area contributed by atoms with E-state index in [0.29, 0.717) is 22.8 Å². The van der Waals surface area contributed by atoms with Gasteiger partial charge in [-0.05, 0) is 55.7 Å². The predicted octanol–water partition coefficient (Wildman–Crippen LogP) is 4.12. The average Bonchev–Trinajstić information content (AvgIpc) is 2.76. The summed E-state index contributed by atoms with van der Waals surface area (Å²) in [7, 11) is -3.80. The Morgan fingerprint density at radius 1 is 1.15 bits per heavy atom. The van der Waals surface area contributed by atoms with Crippen molar-refractivity contribution in [3.05, 3.63) is 63.1 Å². The van der Waals surface area contributed by atoms with E-state index in [1.165, 1.54) is 4.90 Å². The van der Waals surface area contributed by atoms with Gasteiger partial charge in [-0.25, -0.2) is 8.42 Å². The van der Waals surface area contributed by atoms with Crippen molar-refractivity contribution in [2.45, 2.75) is 39.8 Å². The lowest BCUT2D eigenvalue weighted by atomic mass is 10.1. The van der Waals surface area contributed by atoms with E-state index in [2.05, 4.69) is 21.2 Å². The van der Waals surface area contributed by atoms with Crippen LogP contribution < -0.4 is 9.62 Å². The number of halogens is 2. The molecule has 7 nitrogen and oxygen atoms in total. The van der Waals surface area contributed by atoms with Gasteiger partial charge < -0.3 is 10.2 Å². The van der Waals surface area contributed by atoms with Crippen molar-refractivity contribution >= 4 is 55.1 Å². The van der Waals surface area contributed by atoms with Gasteiger partial charge in [-0.1, -0.05) is 52.7 Å². The maximum Gasteiger partial charge on any atom is 0.244 e. The second kappa shape index (κ2) is 11.9. The van der Waals surface area contributed by atoms with Crippen LogP contribution in [0.1, 0.15) is 31.4 Å². The summed E-state index contributed by atoms with van der Waals surface area (Å²) < 4.78 is 27.2. The summed E-state index contributed by atoms with van der Waals surface area (Å²) in [5.41, 5.74) is 1.68. The van der Waals surface area contributed by atoms with E-state index in [-0.39, 0.29) is 12.5 Å². The number of amides is 2. The number of carbonyl (C=O) groups excluding carboxylic acids is 2. The molecule has 33 heavy (non-hydrogen) atoms. The molecule has 0 spiro atoms. The standard InChI is InChI=1S/C23H29BrClN3O4S/c1-5-13-26-23(30)17(3)27(14-18-9-11-19(24)12-10-18)22(29)15-28(33(4,31)32)21-8-6-7-20(25)16(21)2/h6-12,17H,5,13-15H2,1-4H3,(H,26,30). The van der Waals surface area contributed by atoms with Gasteiger partial charge in [-0.15, -0.1) is 0 Å². The zero-order chi connectivity index (χ0) is 24.8. The molecule has 10 heteroatoms. The zero-order valence-electron chi connectivity index (χ0n) is 19.1. The number of sulfonamides is 1. The molecular weight excluding hydrogens is 530 g/mol. The highest BCUT2D eigenvalue weighted by Gasteiger charge is 2.30. The van der Waals surface area contributed by atoms with Crippen LogP contribution in [0.2, 0.25) is 5.02 Å². The van der Waals surface area contributed by atoms with Crippen LogP contribution in [0.3, 0.4) is 0 Å². The highest BCUT2D eigenvalue weighted by Crippen LogP contribution is 2.28. The van der Waals surface area contributed by atoms with Gasteiger partial charge in [0, 0.05) is 22.6 Å². The van der Waals surface area contributed by atoms with Gasteiger partial charge in [0.25, 0.3) is 0 Å². The van der Waals surface area contributed by atoms with Crippen LogP contribution in [0.15, 0.2) is 46.9 Å². The first-order valence-electron chi connectivity index (χ1n) is 10.5. The van der Waals surface area contributed by atoms with Crippen molar-refractivity contribution in [3.63, 3.8) is 0 Å². The third-order valence-electron chi connectivity index (χ3n) is 5.17. The quantitative estimate of drug-likeness (QED) is 0.475. The summed E-state index contributed by atoms with van der Waals surface area (Å²) in [6.45, 7) is 5.45. The van der Waals surface area contributed by atoms with Gasteiger partial charge in [0.05, 0.1) is 11.9 Å². The second-order valence-electron chi connectivity index (χ2n) is 7.77. The summed E-state index contributed by atoms with van der Waals surface area (Å²) in [5.74, 6) is -0.797. The molecule has 2 amide bonds. The van der Waals surface area contributed by atoms with E-state index in [9.17, 15) is 18.0 Å². The number of anilines is 1. The molecule has 1 unspecified atom stereocenters. The van der Waals surface area contributed by atoms with Crippen molar-refractivity contribution < 1.29 is 18.0 Å². The average molecular weight is 559 g/mol. The van der Waals surface area contributed by atoms with Crippen molar-refractivity contribution in [1.82, 2.24) is 10.2 Å². The molecular formula is C23H29BrClN3O4S. The summed E-state index contributed by atoms with van der Waals surface area (Å²) in [5, 5.41) is 3.20. The lowest BCUT2D eigenvalue weighted by Crippen LogP contribution is -2.51. The van der Waals surface area contributed by atoms with Crippen LogP contribution >= 0.6 is 27.5 Å². The third-order valence-corrected chi connectivity index (χ3v) is 7.23. The second-order valence-corrected chi connectivity index (χ2v) is 11.0. The fourth-order valence-corrected chi connectivity index (χ4v) is 4.56. The molecule has 1 N–H and O–H groups in total. The van der Waals surface area contributed by atoms with E-state index < -0.39 is 28.5 Å². The summed E-state index contributed by atoms with van der Waals surface area (Å²) in [6, 6.07) is 11.5. The molecule has 0 saturated heterocycles. The smallest absolute Gasteiger partial charge is 0.244 e. The number of carbonyl (C=O) groups is 2. The van der Waals surface area contributed by atoms with E-state index in [1.54, 1.807) is 32.0 Å². The Bertz CT molecular complexity index is 1090. The largest absolute Gasteiger partial charge is 0.354 e. The third kappa shape index (κ3) is 7.45. The van der Waals surface area contributed by atoms with Crippen molar-refractivity contribution in [1.29, 1.82) is 0 Å². The number of hydrogen-bond acceptors (Lipinski definition) is 4. The normalized spacial score (nSPS) is 12.2. The molecule has 0 aliphatic carbocycles. The molecule has 1 atom stereocenters. The summed E-state index contributed by atoms with van der Waals surface area (Å²) in [6.07, 6.45) is 1.80. The number of hydrogen-bond donors (Lipinski definition) is 1. The van der Waals surface area contributed by atoms with Crippen LogP contribution in [0.25, 0.3) is 0 Å². The number of nitrogens with one attached hydrogen (secondary N) is 1. The lowest BCUT2D eigenvalue weighted by Gasteiger charge is -2.32. The van der Waals surface area contributed by atoms with E-state index in [4.69, 9.17) is 11.6 Å². The lowest BCUT2D eigenvalue weighted by molar-refractivity contribution is -0.139. The van der Waals surface area contributed by atoms with Gasteiger partial charge in [0.2, 0.25) is 21.8 Å². The first-order chi connectivity index (χ1) is 15.5. The number of rotatable bonds is 10. The Balaban J connectivity index is 2.40. The highest BCUT2D eigenvalue weighted by molar-refractivity contribution is 9.10. The number of benzene rings is 2. The summed E-state index contributed by atoms with van der Waals surface area (Å²) >= 11 is 9.58. The van der Waals surface area contributed by atoms with Crippen molar-refractivity contribution in [2.24, 2.45) is 0 Å². The Morgan fingerprint density at radius 3 is 2.36 bits per heavy atom. The molecule has 0 aliphatic heterocycles. The Morgan fingerprint density at radius 2 is 1.79 bits per heavy atom. The van der Waals surface area contributed by atoms with E-state index in [1.807, 2.05) is 31.2 Å². The molecule has 2 aromatic rings. The zero-order valence-corrected chi connectivity index (χ0v) is 22.3. The Kier molecular flexibility index (Phi) is 9.75. The molecule has 2 rings (SSSR count). The molecule has 2 aromatic carbocycles. The molecule has 0 aliphatic rings. The molecule has 0 saturated carbocycles. The molecule has 0 radical (unpaired) electrons. The van der Waals surface area contributed by atoms with E-state index >= 15 is 0 Å². The SMILES string of the molecule is CCCNC(=O)C(C)N(Cc1ccc(Br)cc1)C(=O)CN(c1cccc(Cl)c1C)S(C)(=O)=O. The van der Waals surface area contributed by atoms with Crippen LogP contribution in [0.4, 0.5) is 5.69 Å². The molecule has 180 valence electrons. The molecule has 0 aromatic heterocycles. The Hall–Kier alpha value is -2.10. The fourth-order valence-electron chi connectivity index (χ4n) is 3.23. The van der Waals surface area contributed by atoms with Gasteiger partial charge in [0.15, 0.2) is 0 Å².